The lowest BCUT2D eigenvalue weighted by Crippen LogP contribution is -2.24. The van der Waals surface area contributed by atoms with E-state index >= 15 is 0 Å². The topological polar surface area (TPSA) is 12.0 Å². The molecule has 0 aromatic heterocycles. The molecule has 1 aromatic carbocycles. The van der Waals surface area contributed by atoms with Gasteiger partial charge in [0.25, 0.3) is 0 Å². The summed E-state index contributed by atoms with van der Waals surface area (Å²) in [5.74, 6) is 0.828. The molecule has 0 aliphatic heterocycles. The van der Waals surface area contributed by atoms with Crippen molar-refractivity contribution in [3.05, 3.63) is 34.9 Å². The zero-order valence-electron chi connectivity index (χ0n) is 12.7. The SMILES string of the molecule is CCNC(CC(CC)CC)c1cccc(C)c1C. The van der Waals surface area contributed by atoms with Crippen LogP contribution in [0.3, 0.4) is 0 Å². The van der Waals surface area contributed by atoms with Gasteiger partial charge in [-0.05, 0) is 49.4 Å². The standard InChI is InChI=1S/C17H29N/c1-6-15(7-2)12-17(18-8-3)16-11-9-10-13(4)14(16)5/h9-11,15,17-18H,6-8,12H2,1-5H3. The smallest absolute Gasteiger partial charge is 0.0325 e. The van der Waals surface area contributed by atoms with Gasteiger partial charge in [0.2, 0.25) is 0 Å². The summed E-state index contributed by atoms with van der Waals surface area (Å²) in [5, 5.41) is 3.67. The summed E-state index contributed by atoms with van der Waals surface area (Å²) < 4.78 is 0. The fourth-order valence-electron chi connectivity index (χ4n) is 2.67. The molecule has 0 saturated heterocycles. The fourth-order valence-corrected chi connectivity index (χ4v) is 2.67. The first-order valence-corrected chi connectivity index (χ1v) is 7.43. The molecule has 0 aliphatic rings. The first-order chi connectivity index (χ1) is 8.63. The van der Waals surface area contributed by atoms with Crippen LogP contribution >= 0.6 is 0 Å². The highest BCUT2D eigenvalue weighted by atomic mass is 14.9. The number of aryl methyl sites for hydroxylation is 1. The van der Waals surface area contributed by atoms with Crippen LogP contribution in [0.5, 0.6) is 0 Å². The molecule has 0 heterocycles. The number of hydrogen-bond acceptors (Lipinski definition) is 1. The van der Waals surface area contributed by atoms with Gasteiger partial charge in [-0.15, -0.1) is 0 Å². The third-order valence-electron chi connectivity index (χ3n) is 4.20. The second kappa shape index (κ2) is 7.58. The average Bonchev–Trinajstić information content (AvgIpc) is 2.38. The largest absolute Gasteiger partial charge is 0.310 e. The van der Waals surface area contributed by atoms with Crippen molar-refractivity contribution in [1.82, 2.24) is 5.32 Å². The number of benzene rings is 1. The van der Waals surface area contributed by atoms with Crippen LogP contribution in [-0.2, 0) is 0 Å². The minimum Gasteiger partial charge on any atom is -0.310 e. The van der Waals surface area contributed by atoms with Crippen molar-refractivity contribution in [2.75, 3.05) is 6.54 Å². The summed E-state index contributed by atoms with van der Waals surface area (Å²) in [6, 6.07) is 7.20. The molecule has 0 spiro atoms. The Labute approximate surface area is 113 Å². The summed E-state index contributed by atoms with van der Waals surface area (Å²) in [6.45, 7) is 12.3. The van der Waals surface area contributed by atoms with E-state index in [1.165, 1.54) is 36.0 Å². The maximum Gasteiger partial charge on any atom is 0.0325 e. The van der Waals surface area contributed by atoms with E-state index in [2.05, 4.69) is 58.1 Å². The monoisotopic (exact) mass is 247 g/mol. The van der Waals surface area contributed by atoms with Crippen LogP contribution in [0.1, 0.15) is 62.8 Å². The van der Waals surface area contributed by atoms with Crippen LogP contribution in [-0.4, -0.2) is 6.54 Å². The van der Waals surface area contributed by atoms with E-state index < -0.39 is 0 Å². The van der Waals surface area contributed by atoms with E-state index in [0.717, 1.165) is 12.5 Å². The lowest BCUT2D eigenvalue weighted by atomic mass is 9.88. The highest BCUT2D eigenvalue weighted by Gasteiger charge is 2.17. The van der Waals surface area contributed by atoms with Gasteiger partial charge in [-0.2, -0.15) is 0 Å². The first-order valence-electron chi connectivity index (χ1n) is 7.43. The zero-order valence-corrected chi connectivity index (χ0v) is 12.7. The molecule has 1 rings (SSSR count). The van der Waals surface area contributed by atoms with Crippen molar-refractivity contribution in [1.29, 1.82) is 0 Å². The summed E-state index contributed by atoms with van der Waals surface area (Å²) in [5.41, 5.74) is 4.35. The lowest BCUT2D eigenvalue weighted by molar-refractivity contribution is 0.374. The van der Waals surface area contributed by atoms with Crippen molar-refractivity contribution in [2.24, 2.45) is 5.92 Å². The number of hydrogen-bond donors (Lipinski definition) is 1. The molecule has 0 fully saturated rings. The summed E-state index contributed by atoms with van der Waals surface area (Å²) in [6.07, 6.45) is 3.82. The maximum atomic E-state index is 3.67. The summed E-state index contributed by atoms with van der Waals surface area (Å²) in [7, 11) is 0. The van der Waals surface area contributed by atoms with E-state index in [1.807, 2.05) is 0 Å². The number of nitrogens with one attached hydrogen (secondary N) is 1. The van der Waals surface area contributed by atoms with E-state index in [9.17, 15) is 0 Å². The van der Waals surface area contributed by atoms with Crippen LogP contribution in [0, 0.1) is 19.8 Å². The molecule has 1 nitrogen and oxygen atoms in total. The van der Waals surface area contributed by atoms with Gasteiger partial charge in [-0.1, -0.05) is 51.8 Å². The minimum absolute atomic E-state index is 0.514. The normalized spacial score (nSPS) is 13.0. The van der Waals surface area contributed by atoms with Crippen LogP contribution in [0.25, 0.3) is 0 Å². The van der Waals surface area contributed by atoms with Gasteiger partial charge in [-0.3, -0.25) is 0 Å². The molecule has 1 atom stereocenters. The van der Waals surface area contributed by atoms with Crippen molar-refractivity contribution in [3.8, 4) is 0 Å². The molecule has 102 valence electrons. The molecule has 18 heavy (non-hydrogen) atoms. The van der Waals surface area contributed by atoms with Crippen LogP contribution in [0.2, 0.25) is 0 Å². The molecular weight excluding hydrogens is 218 g/mol. The predicted octanol–water partition coefficient (Wildman–Crippen LogP) is 4.78. The summed E-state index contributed by atoms with van der Waals surface area (Å²) in [4.78, 5) is 0. The summed E-state index contributed by atoms with van der Waals surface area (Å²) >= 11 is 0. The van der Waals surface area contributed by atoms with Crippen molar-refractivity contribution in [2.45, 2.75) is 59.9 Å². The third kappa shape index (κ3) is 3.84. The van der Waals surface area contributed by atoms with Crippen molar-refractivity contribution < 1.29 is 0 Å². The molecule has 0 radical (unpaired) electrons. The molecule has 0 aliphatic carbocycles. The van der Waals surface area contributed by atoms with E-state index in [-0.39, 0.29) is 0 Å². The van der Waals surface area contributed by atoms with Gasteiger partial charge < -0.3 is 5.32 Å². The molecule has 0 amide bonds. The van der Waals surface area contributed by atoms with E-state index in [0.29, 0.717) is 6.04 Å². The Balaban J connectivity index is 2.93. The Hall–Kier alpha value is -0.820. The van der Waals surface area contributed by atoms with Crippen molar-refractivity contribution >= 4 is 0 Å². The van der Waals surface area contributed by atoms with Crippen molar-refractivity contribution in [3.63, 3.8) is 0 Å². The van der Waals surface area contributed by atoms with Crippen LogP contribution in [0.15, 0.2) is 18.2 Å². The molecular formula is C17H29N. The molecule has 1 aromatic rings. The highest BCUT2D eigenvalue weighted by molar-refractivity contribution is 5.35. The number of rotatable bonds is 7. The Morgan fingerprint density at radius 3 is 2.28 bits per heavy atom. The molecule has 1 unspecified atom stereocenters. The van der Waals surface area contributed by atoms with Gasteiger partial charge in [0.05, 0.1) is 0 Å². The van der Waals surface area contributed by atoms with Gasteiger partial charge in [0.1, 0.15) is 0 Å². The second-order valence-electron chi connectivity index (χ2n) is 5.32. The van der Waals surface area contributed by atoms with Gasteiger partial charge in [0.15, 0.2) is 0 Å². The third-order valence-corrected chi connectivity index (χ3v) is 4.20. The van der Waals surface area contributed by atoms with Crippen LogP contribution in [0.4, 0.5) is 0 Å². The lowest BCUT2D eigenvalue weighted by Gasteiger charge is -2.25. The molecule has 0 bridgehead atoms. The molecule has 1 heteroatoms. The van der Waals surface area contributed by atoms with Crippen LogP contribution < -0.4 is 5.32 Å². The highest BCUT2D eigenvalue weighted by Crippen LogP contribution is 2.28. The zero-order chi connectivity index (χ0) is 13.5. The Morgan fingerprint density at radius 1 is 1.06 bits per heavy atom. The Morgan fingerprint density at radius 2 is 1.72 bits per heavy atom. The Kier molecular flexibility index (Phi) is 6.42. The first kappa shape index (κ1) is 15.2. The average molecular weight is 247 g/mol. The second-order valence-corrected chi connectivity index (χ2v) is 5.32. The van der Waals surface area contributed by atoms with E-state index in [1.54, 1.807) is 0 Å². The van der Waals surface area contributed by atoms with E-state index in [4.69, 9.17) is 0 Å². The van der Waals surface area contributed by atoms with Gasteiger partial charge in [-0.25, -0.2) is 0 Å². The van der Waals surface area contributed by atoms with Gasteiger partial charge in [0, 0.05) is 6.04 Å². The Bertz CT molecular complexity index is 353. The molecule has 0 saturated carbocycles. The maximum absolute atomic E-state index is 3.67. The minimum atomic E-state index is 0.514. The quantitative estimate of drug-likeness (QED) is 0.731. The van der Waals surface area contributed by atoms with Gasteiger partial charge >= 0.3 is 0 Å². The molecule has 1 N–H and O–H groups in total. The fraction of sp³-hybridized carbons (Fsp3) is 0.647. The predicted molar refractivity (Wildman–Crippen MR) is 81.0 cm³/mol.